The molecular formula is C10H19NO4S. The second-order valence-corrected chi connectivity index (χ2v) is 6.08. The minimum Gasteiger partial charge on any atom is -0.392 e. The molecule has 16 heavy (non-hydrogen) atoms. The Kier molecular flexibility index (Phi) is 4.91. The Morgan fingerprint density at radius 2 is 2.06 bits per heavy atom. The molecular weight excluding hydrogens is 230 g/mol. The van der Waals surface area contributed by atoms with Gasteiger partial charge in [-0.05, 0) is 13.8 Å². The van der Waals surface area contributed by atoms with Crippen molar-refractivity contribution in [3.05, 3.63) is 11.6 Å². The average Bonchev–Trinajstić information content (AvgIpc) is 2.29. The summed E-state index contributed by atoms with van der Waals surface area (Å²) in [6, 6.07) is 0. The summed E-state index contributed by atoms with van der Waals surface area (Å²) < 4.78 is 30.9. The Morgan fingerprint density at radius 3 is 2.56 bits per heavy atom. The highest BCUT2D eigenvalue weighted by atomic mass is 32.2. The van der Waals surface area contributed by atoms with E-state index in [2.05, 4.69) is 0 Å². The predicted octanol–water partition coefficient (Wildman–Crippen LogP) is -0.0245. The van der Waals surface area contributed by atoms with Crippen molar-refractivity contribution in [1.82, 2.24) is 4.31 Å². The lowest BCUT2D eigenvalue weighted by molar-refractivity contribution is 0.0728. The minimum atomic E-state index is -3.31. The van der Waals surface area contributed by atoms with Gasteiger partial charge in [0.2, 0.25) is 10.0 Å². The Morgan fingerprint density at radius 1 is 1.50 bits per heavy atom. The lowest BCUT2D eigenvalue weighted by Gasteiger charge is -2.29. The number of nitrogens with zero attached hydrogens (tertiary/aromatic N) is 1. The van der Waals surface area contributed by atoms with Gasteiger partial charge in [-0.3, -0.25) is 0 Å². The Hall–Kier alpha value is -0.430. The lowest BCUT2D eigenvalue weighted by Crippen LogP contribution is -2.44. The summed E-state index contributed by atoms with van der Waals surface area (Å²) in [5.41, 5.74) is 0.675. The molecule has 0 aliphatic carbocycles. The number of rotatable bonds is 4. The van der Waals surface area contributed by atoms with Crippen LogP contribution in [0.1, 0.15) is 13.8 Å². The van der Waals surface area contributed by atoms with Crippen molar-refractivity contribution in [1.29, 1.82) is 0 Å². The molecule has 0 aromatic heterocycles. The molecule has 94 valence electrons. The first-order valence-electron chi connectivity index (χ1n) is 5.34. The fourth-order valence-electron chi connectivity index (χ4n) is 1.57. The van der Waals surface area contributed by atoms with Gasteiger partial charge in [0, 0.05) is 13.1 Å². The van der Waals surface area contributed by atoms with Crippen LogP contribution >= 0.6 is 0 Å². The van der Waals surface area contributed by atoms with Crippen molar-refractivity contribution in [2.24, 2.45) is 0 Å². The molecule has 1 unspecified atom stereocenters. The van der Waals surface area contributed by atoms with E-state index in [-0.39, 0.29) is 6.61 Å². The van der Waals surface area contributed by atoms with Crippen LogP contribution in [0.15, 0.2) is 11.6 Å². The fourth-order valence-corrected chi connectivity index (χ4v) is 3.24. The van der Waals surface area contributed by atoms with Crippen LogP contribution in [0.25, 0.3) is 0 Å². The van der Waals surface area contributed by atoms with Gasteiger partial charge in [-0.2, -0.15) is 4.31 Å². The number of aliphatic hydroxyl groups is 1. The first-order chi connectivity index (χ1) is 7.50. The number of morpholine rings is 1. The van der Waals surface area contributed by atoms with Gasteiger partial charge >= 0.3 is 0 Å². The Bertz CT molecular complexity index is 344. The highest BCUT2D eigenvalue weighted by molar-refractivity contribution is 7.89. The van der Waals surface area contributed by atoms with E-state index in [9.17, 15) is 8.42 Å². The topological polar surface area (TPSA) is 66.8 Å². The molecule has 1 fully saturated rings. The van der Waals surface area contributed by atoms with E-state index in [0.29, 0.717) is 31.9 Å². The van der Waals surface area contributed by atoms with Crippen LogP contribution in [0.5, 0.6) is 0 Å². The van der Waals surface area contributed by atoms with Crippen LogP contribution in [0.3, 0.4) is 0 Å². The lowest BCUT2D eigenvalue weighted by atomic mass is 10.2. The summed E-state index contributed by atoms with van der Waals surface area (Å²) in [4.78, 5) is 0. The molecule has 0 amide bonds. The van der Waals surface area contributed by atoms with Gasteiger partial charge in [0.15, 0.2) is 0 Å². The maximum Gasteiger partial charge on any atom is 0.220 e. The maximum absolute atomic E-state index is 12.1. The van der Waals surface area contributed by atoms with E-state index in [1.807, 2.05) is 0 Å². The normalized spacial score (nSPS) is 22.1. The minimum absolute atomic E-state index is 0.130. The van der Waals surface area contributed by atoms with E-state index in [1.54, 1.807) is 13.8 Å². The smallest absolute Gasteiger partial charge is 0.220 e. The molecule has 1 aliphatic heterocycles. The number of hydrogen-bond donors (Lipinski definition) is 1. The van der Waals surface area contributed by atoms with Crippen molar-refractivity contribution in [2.45, 2.75) is 19.1 Å². The molecule has 0 bridgehead atoms. The van der Waals surface area contributed by atoms with Crippen LogP contribution in [0.4, 0.5) is 0 Å². The number of sulfonamides is 1. The summed E-state index contributed by atoms with van der Waals surface area (Å²) in [5.74, 6) is 0. The zero-order chi connectivity index (χ0) is 12.2. The molecule has 1 saturated heterocycles. The van der Waals surface area contributed by atoms with Gasteiger partial charge in [-0.1, -0.05) is 11.6 Å². The Balaban J connectivity index is 2.79. The molecule has 0 spiro atoms. The van der Waals surface area contributed by atoms with Gasteiger partial charge in [0.1, 0.15) is 0 Å². The van der Waals surface area contributed by atoms with E-state index in [4.69, 9.17) is 9.84 Å². The average molecular weight is 249 g/mol. The van der Waals surface area contributed by atoms with Gasteiger partial charge < -0.3 is 9.84 Å². The number of aliphatic hydroxyl groups excluding tert-OH is 1. The third-order valence-corrected chi connectivity index (χ3v) is 5.18. The zero-order valence-corrected chi connectivity index (χ0v) is 10.5. The third kappa shape index (κ3) is 3.04. The summed E-state index contributed by atoms with van der Waals surface area (Å²) in [6.07, 6.45) is 1.53. The fraction of sp³-hybridized carbons (Fsp3) is 0.800. The molecule has 1 aliphatic rings. The SMILES string of the molecule is C/C(=C/CO)C(C)S(=O)(=O)N1CCOCC1. The van der Waals surface area contributed by atoms with Gasteiger partial charge in [0.05, 0.1) is 25.1 Å². The van der Waals surface area contributed by atoms with Crippen molar-refractivity contribution < 1.29 is 18.3 Å². The third-order valence-electron chi connectivity index (χ3n) is 2.83. The van der Waals surface area contributed by atoms with Crippen LogP contribution in [0.2, 0.25) is 0 Å². The van der Waals surface area contributed by atoms with Crippen molar-refractivity contribution in [2.75, 3.05) is 32.9 Å². The summed E-state index contributed by atoms with van der Waals surface area (Å²) in [5, 5.41) is 8.17. The summed E-state index contributed by atoms with van der Waals surface area (Å²) in [7, 11) is -3.31. The van der Waals surface area contributed by atoms with Crippen LogP contribution in [-0.4, -0.2) is 56.0 Å². The van der Waals surface area contributed by atoms with E-state index in [1.165, 1.54) is 10.4 Å². The highest BCUT2D eigenvalue weighted by Crippen LogP contribution is 2.17. The molecule has 0 radical (unpaired) electrons. The summed E-state index contributed by atoms with van der Waals surface area (Å²) in [6.45, 7) is 4.97. The molecule has 1 rings (SSSR count). The van der Waals surface area contributed by atoms with Gasteiger partial charge in [0.25, 0.3) is 0 Å². The van der Waals surface area contributed by atoms with Crippen molar-refractivity contribution >= 4 is 10.0 Å². The number of hydrogen-bond acceptors (Lipinski definition) is 4. The monoisotopic (exact) mass is 249 g/mol. The van der Waals surface area contributed by atoms with E-state index < -0.39 is 15.3 Å². The Labute approximate surface area is 96.8 Å². The molecule has 0 saturated carbocycles. The van der Waals surface area contributed by atoms with E-state index >= 15 is 0 Å². The largest absolute Gasteiger partial charge is 0.392 e. The quantitative estimate of drug-likeness (QED) is 0.711. The highest BCUT2D eigenvalue weighted by Gasteiger charge is 2.30. The predicted molar refractivity (Wildman–Crippen MR) is 61.6 cm³/mol. The van der Waals surface area contributed by atoms with Crippen LogP contribution < -0.4 is 0 Å². The van der Waals surface area contributed by atoms with Gasteiger partial charge in [-0.25, -0.2) is 8.42 Å². The summed E-state index contributed by atoms with van der Waals surface area (Å²) >= 11 is 0. The molecule has 1 atom stereocenters. The molecule has 5 nitrogen and oxygen atoms in total. The molecule has 1 N–H and O–H groups in total. The first kappa shape index (κ1) is 13.6. The van der Waals surface area contributed by atoms with Crippen molar-refractivity contribution in [3.63, 3.8) is 0 Å². The van der Waals surface area contributed by atoms with Crippen molar-refractivity contribution in [3.8, 4) is 0 Å². The van der Waals surface area contributed by atoms with Gasteiger partial charge in [-0.15, -0.1) is 0 Å². The molecule has 0 aromatic rings. The van der Waals surface area contributed by atoms with Crippen LogP contribution in [0, 0.1) is 0 Å². The standard InChI is InChI=1S/C10H19NO4S/c1-9(3-6-12)10(2)16(13,14)11-4-7-15-8-5-11/h3,10,12H,4-8H2,1-2H3/b9-3-. The zero-order valence-electron chi connectivity index (χ0n) is 9.72. The molecule has 6 heteroatoms. The second-order valence-electron chi connectivity index (χ2n) is 3.83. The van der Waals surface area contributed by atoms with E-state index in [0.717, 1.165) is 0 Å². The maximum atomic E-state index is 12.1. The molecule has 1 heterocycles. The number of ether oxygens (including phenoxy) is 1. The first-order valence-corrected chi connectivity index (χ1v) is 6.84. The molecule has 0 aromatic carbocycles. The van der Waals surface area contributed by atoms with Crippen LogP contribution in [-0.2, 0) is 14.8 Å². The second kappa shape index (κ2) is 5.77.